The first kappa shape index (κ1) is 15.4. The molecule has 4 N–H and O–H groups in total. The largest absolute Gasteiger partial charge is 0.508 e. The minimum Gasteiger partial charge on any atom is -0.508 e. The summed E-state index contributed by atoms with van der Waals surface area (Å²) in [4.78, 5) is 22.6. The lowest BCUT2D eigenvalue weighted by Crippen LogP contribution is -2.28. The van der Waals surface area contributed by atoms with Crippen LogP contribution in [0.3, 0.4) is 0 Å². The number of aromatic hydroxyl groups is 1. The van der Waals surface area contributed by atoms with Gasteiger partial charge in [0, 0.05) is 12.1 Å². The molecule has 0 spiro atoms. The highest BCUT2D eigenvalue weighted by atomic mass is 16.5. The number of hydrogen-bond acceptors (Lipinski definition) is 4. The van der Waals surface area contributed by atoms with Gasteiger partial charge in [0.1, 0.15) is 11.5 Å². The van der Waals surface area contributed by atoms with E-state index in [-0.39, 0.29) is 18.3 Å². The number of ether oxygens (including phenoxy) is 1. The van der Waals surface area contributed by atoms with Crippen molar-refractivity contribution in [1.82, 2.24) is 5.32 Å². The van der Waals surface area contributed by atoms with Crippen LogP contribution in [0.25, 0.3) is 0 Å². The molecular weight excluding hydrogens is 284 g/mol. The van der Waals surface area contributed by atoms with Crippen LogP contribution in [0, 0.1) is 0 Å². The number of primary amides is 1. The van der Waals surface area contributed by atoms with E-state index in [0.29, 0.717) is 17.9 Å². The fourth-order valence-corrected chi connectivity index (χ4v) is 1.73. The number of phenols is 1. The molecule has 22 heavy (non-hydrogen) atoms. The molecule has 0 radical (unpaired) electrons. The third-order valence-electron chi connectivity index (χ3n) is 2.93. The first-order valence-corrected chi connectivity index (χ1v) is 6.62. The van der Waals surface area contributed by atoms with Crippen molar-refractivity contribution >= 4 is 11.8 Å². The van der Waals surface area contributed by atoms with Gasteiger partial charge in [0.25, 0.3) is 5.91 Å². The Kier molecular flexibility index (Phi) is 4.98. The Morgan fingerprint density at radius 1 is 1.05 bits per heavy atom. The van der Waals surface area contributed by atoms with Crippen molar-refractivity contribution in [1.29, 1.82) is 0 Å². The molecule has 6 nitrogen and oxygen atoms in total. The molecular formula is C16H16N2O4. The van der Waals surface area contributed by atoms with Gasteiger partial charge in [0.2, 0.25) is 5.91 Å². The standard InChI is InChI=1S/C16H16N2O4/c17-16(21)12-3-7-14(8-4-12)22-10-15(20)18-9-11-1-5-13(19)6-2-11/h1-8,19H,9-10H2,(H2,17,21)(H,18,20). The highest BCUT2D eigenvalue weighted by Gasteiger charge is 2.04. The molecule has 114 valence electrons. The van der Waals surface area contributed by atoms with Crippen molar-refractivity contribution in [3.05, 3.63) is 59.7 Å². The van der Waals surface area contributed by atoms with Crippen LogP contribution in [0.2, 0.25) is 0 Å². The van der Waals surface area contributed by atoms with E-state index in [2.05, 4.69) is 5.32 Å². The molecule has 6 heteroatoms. The molecule has 0 atom stereocenters. The van der Waals surface area contributed by atoms with E-state index in [1.54, 1.807) is 36.4 Å². The van der Waals surface area contributed by atoms with E-state index in [9.17, 15) is 9.59 Å². The van der Waals surface area contributed by atoms with Crippen LogP contribution in [0.5, 0.6) is 11.5 Å². The second-order valence-electron chi connectivity index (χ2n) is 4.62. The van der Waals surface area contributed by atoms with Crippen molar-refractivity contribution < 1.29 is 19.4 Å². The Morgan fingerprint density at radius 2 is 1.68 bits per heavy atom. The molecule has 0 bridgehead atoms. The van der Waals surface area contributed by atoms with E-state index < -0.39 is 5.91 Å². The van der Waals surface area contributed by atoms with Crippen molar-refractivity contribution in [2.75, 3.05) is 6.61 Å². The molecule has 0 saturated heterocycles. The van der Waals surface area contributed by atoms with Crippen molar-refractivity contribution in [3.63, 3.8) is 0 Å². The third kappa shape index (κ3) is 4.52. The zero-order valence-corrected chi connectivity index (χ0v) is 11.8. The maximum Gasteiger partial charge on any atom is 0.258 e. The van der Waals surface area contributed by atoms with E-state index in [1.807, 2.05) is 0 Å². The SMILES string of the molecule is NC(=O)c1ccc(OCC(=O)NCc2ccc(O)cc2)cc1. The van der Waals surface area contributed by atoms with E-state index >= 15 is 0 Å². The second-order valence-corrected chi connectivity index (χ2v) is 4.62. The van der Waals surface area contributed by atoms with Gasteiger partial charge in [0.15, 0.2) is 6.61 Å². The minimum atomic E-state index is -0.516. The highest BCUT2D eigenvalue weighted by molar-refractivity contribution is 5.92. The maximum atomic E-state index is 11.7. The Morgan fingerprint density at radius 3 is 2.27 bits per heavy atom. The number of nitrogens with one attached hydrogen (secondary N) is 1. The van der Waals surface area contributed by atoms with E-state index in [4.69, 9.17) is 15.6 Å². The summed E-state index contributed by atoms with van der Waals surface area (Å²) in [5.74, 6) is -0.132. The van der Waals surface area contributed by atoms with Gasteiger partial charge in [-0.3, -0.25) is 9.59 Å². The molecule has 0 heterocycles. The van der Waals surface area contributed by atoms with E-state index in [1.165, 1.54) is 12.1 Å². The number of rotatable bonds is 6. The number of carbonyl (C=O) groups is 2. The van der Waals surface area contributed by atoms with Crippen LogP contribution in [-0.4, -0.2) is 23.5 Å². The zero-order valence-electron chi connectivity index (χ0n) is 11.8. The average Bonchev–Trinajstić information content (AvgIpc) is 2.52. The zero-order chi connectivity index (χ0) is 15.9. The molecule has 0 saturated carbocycles. The summed E-state index contributed by atoms with van der Waals surface area (Å²) < 4.78 is 5.31. The van der Waals surface area contributed by atoms with Crippen LogP contribution < -0.4 is 15.8 Å². The molecule has 0 aliphatic heterocycles. The molecule has 0 aliphatic carbocycles. The second kappa shape index (κ2) is 7.12. The Bertz CT molecular complexity index is 651. The van der Waals surface area contributed by atoms with Gasteiger partial charge in [0.05, 0.1) is 0 Å². The van der Waals surface area contributed by atoms with Gasteiger partial charge < -0.3 is 20.9 Å². The first-order chi connectivity index (χ1) is 10.5. The maximum absolute atomic E-state index is 11.7. The van der Waals surface area contributed by atoms with Crippen molar-refractivity contribution in [2.24, 2.45) is 5.73 Å². The molecule has 2 aromatic rings. The number of benzene rings is 2. The van der Waals surface area contributed by atoms with Crippen molar-refractivity contribution in [2.45, 2.75) is 6.54 Å². The monoisotopic (exact) mass is 300 g/mol. The smallest absolute Gasteiger partial charge is 0.258 e. The van der Waals surface area contributed by atoms with Gasteiger partial charge in [-0.25, -0.2) is 0 Å². The molecule has 2 amide bonds. The van der Waals surface area contributed by atoms with Crippen LogP contribution >= 0.6 is 0 Å². The molecule has 2 rings (SSSR count). The van der Waals surface area contributed by atoms with Crippen LogP contribution in [0.4, 0.5) is 0 Å². The fraction of sp³-hybridized carbons (Fsp3) is 0.125. The molecule has 0 aliphatic rings. The summed E-state index contributed by atoms with van der Waals surface area (Å²) in [6.45, 7) is 0.219. The lowest BCUT2D eigenvalue weighted by Gasteiger charge is -2.08. The summed E-state index contributed by atoms with van der Waals surface area (Å²) in [6.07, 6.45) is 0. The van der Waals surface area contributed by atoms with Crippen LogP contribution in [0.15, 0.2) is 48.5 Å². The summed E-state index contributed by atoms with van der Waals surface area (Å²) in [5, 5.41) is 11.9. The first-order valence-electron chi connectivity index (χ1n) is 6.62. The quantitative estimate of drug-likeness (QED) is 0.745. The van der Waals surface area contributed by atoms with Gasteiger partial charge in [-0.1, -0.05) is 12.1 Å². The lowest BCUT2D eigenvalue weighted by molar-refractivity contribution is -0.123. The van der Waals surface area contributed by atoms with Gasteiger partial charge in [-0.05, 0) is 42.0 Å². The average molecular weight is 300 g/mol. The Hall–Kier alpha value is -3.02. The molecule has 0 unspecified atom stereocenters. The van der Waals surface area contributed by atoms with Crippen LogP contribution in [-0.2, 0) is 11.3 Å². The topological polar surface area (TPSA) is 102 Å². The molecule has 0 fully saturated rings. The van der Waals surface area contributed by atoms with Gasteiger partial charge in [-0.2, -0.15) is 0 Å². The van der Waals surface area contributed by atoms with Crippen LogP contribution in [0.1, 0.15) is 15.9 Å². The summed E-state index contributed by atoms with van der Waals surface area (Å²) >= 11 is 0. The van der Waals surface area contributed by atoms with E-state index in [0.717, 1.165) is 5.56 Å². The van der Waals surface area contributed by atoms with Gasteiger partial charge >= 0.3 is 0 Å². The van der Waals surface area contributed by atoms with Gasteiger partial charge in [-0.15, -0.1) is 0 Å². The lowest BCUT2D eigenvalue weighted by atomic mass is 10.2. The normalized spacial score (nSPS) is 10.0. The summed E-state index contributed by atoms with van der Waals surface area (Å²) in [6, 6.07) is 12.8. The molecule has 2 aromatic carbocycles. The molecule has 0 aromatic heterocycles. The number of amides is 2. The fourth-order valence-electron chi connectivity index (χ4n) is 1.73. The minimum absolute atomic E-state index is 0.131. The predicted molar refractivity (Wildman–Crippen MR) is 80.4 cm³/mol. The Balaban J connectivity index is 1.77. The van der Waals surface area contributed by atoms with Crippen molar-refractivity contribution in [3.8, 4) is 11.5 Å². The predicted octanol–water partition coefficient (Wildman–Crippen LogP) is 1.19. The summed E-state index contributed by atoms with van der Waals surface area (Å²) in [5.41, 5.74) is 6.38. The third-order valence-corrected chi connectivity index (χ3v) is 2.93. The number of nitrogens with two attached hydrogens (primary N) is 1. The number of carbonyl (C=O) groups excluding carboxylic acids is 2. The summed E-state index contributed by atoms with van der Waals surface area (Å²) in [7, 11) is 0. The number of hydrogen-bond donors (Lipinski definition) is 3. The number of phenolic OH excluding ortho intramolecular Hbond substituents is 1. The highest BCUT2D eigenvalue weighted by Crippen LogP contribution is 2.12. The Labute approximate surface area is 127 Å².